The summed E-state index contributed by atoms with van der Waals surface area (Å²) in [7, 11) is 0. The quantitative estimate of drug-likeness (QED) is 0.298. The molecule has 1 saturated carbocycles. The maximum atomic E-state index is 14.0. The van der Waals surface area contributed by atoms with Gasteiger partial charge in [-0.1, -0.05) is 108 Å². The number of Topliss-reactive ketones (excluding diaryl/α,β-unsaturated/α-hetero) is 1. The highest BCUT2D eigenvalue weighted by molar-refractivity contribution is 6.04. The molecule has 1 aliphatic rings. The van der Waals surface area contributed by atoms with E-state index >= 15 is 0 Å². The van der Waals surface area contributed by atoms with E-state index in [1.807, 2.05) is 86.6 Å². The molecular weight excluding hydrogens is 420 g/mol. The second-order valence-corrected chi connectivity index (χ2v) is 9.55. The lowest BCUT2D eigenvalue weighted by Gasteiger charge is -2.41. The Balaban J connectivity index is 1.69. The van der Waals surface area contributed by atoms with Gasteiger partial charge in [0.15, 0.2) is 5.78 Å². The van der Waals surface area contributed by atoms with Gasteiger partial charge < -0.3 is 10.2 Å². The summed E-state index contributed by atoms with van der Waals surface area (Å²) < 4.78 is 0. The van der Waals surface area contributed by atoms with Gasteiger partial charge in [-0.15, -0.1) is 0 Å². The lowest BCUT2D eigenvalue weighted by atomic mass is 9.70. The van der Waals surface area contributed by atoms with Crippen molar-refractivity contribution in [2.75, 3.05) is 0 Å². The van der Waals surface area contributed by atoms with Crippen LogP contribution >= 0.6 is 0 Å². The highest BCUT2D eigenvalue weighted by Gasteiger charge is 2.64. The van der Waals surface area contributed by atoms with Crippen LogP contribution in [0.15, 0.2) is 103 Å². The number of rotatable bonds is 4. The molecule has 1 unspecified atom stereocenters. The fourth-order valence-corrected chi connectivity index (χ4v) is 5.35. The van der Waals surface area contributed by atoms with Crippen LogP contribution in [0.25, 0.3) is 10.8 Å². The average molecular weight is 449 g/mol. The molecule has 0 bridgehead atoms. The van der Waals surface area contributed by atoms with Crippen LogP contribution in [-0.2, 0) is 11.2 Å². The van der Waals surface area contributed by atoms with E-state index in [0.29, 0.717) is 22.3 Å². The first-order valence-corrected chi connectivity index (χ1v) is 11.5. The summed E-state index contributed by atoms with van der Waals surface area (Å²) in [6, 6.07) is 28.2. The van der Waals surface area contributed by atoms with E-state index in [4.69, 9.17) is 0 Å². The smallest absolute Gasteiger partial charge is 0.173 e. The lowest BCUT2D eigenvalue weighted by Crippen LogP contribution is -2.50. The molecular formula is C31H28O3. The molecule has 0 amide bonds. The third-order valence-electron chi connectivity index (χ3n) is 7.26. The first-order chi connectivity index (χ1) is 16.2. The summed E-state index contributed by atoms with van der Waals surface area (Å²) in [5.41, 5.74) is 0.565. The Hall–Kier alpha value is -3.53. The molecule has 2 N–H and O–H groups in total. The normalized spacial score (nSPS) is 24.5. The summed E-state index contributed by atoms with van der Waals surface area (Å²) in [4.78, 5) is 14.0. The SMILES string of the molecule is C=C1C[C@](O)(c2ccc(C)cc2)[C@](O)(c2ccc(C)cc2)C1C(=O)c1ccc2ccccc2c1. The molecule has 0 spiro atoms. The third-order valence-corrected chi connectivity index (χ3v) is 7.26. The number of benzene rings is 4. The summed E-state index contributed by atoms with van der Waals surface area (Å²) in [5, 5.41) is 26.6. The molecule has 0 aromatic heterocycles. The number of carbonyl (C=O) groups excluding carboxylic acids is 1. The van der Waals surface area contributed by atoms with Gasteiger partial charge >= 0.3 is 0 Å². The fourth-order valence-electron chi connectivity index (χ4n) is 5.35. The van der Waals surface area contributed by atoms with Gasteiger partial charge in [0.05, 0.1) is 5.92 Å². The average Bonchev–Trinajstić information content (AvgIpc) is 3.05. The van der Waals surface area contributed by atoms with Gasteiger partial charge in [-0.25, -0.2) is 0 Å². The van der Waals surface area contributed by atoms with E-state index in [2.05, 4.69) is 6.58 Å². The van der Waals surface area contributed by atoms with E-state index in [-0.39, 0.29) is 12.2 Å². The summed E-state index contributed by atoms with van der Waals surface area (Å²) in [6.45, 7) is 8.12. The van der Waals surface area contributed by atoms with Crippen molar-refractivity contribution >= 4 is 16.6 Å². The van der Waals surface area contributed by atoms with Crippen LogP contribution in [0.1, 0.15) is 39.0 Å². The molecule has 3 heteroatoms. The zero-order valence-corrected chi connectivity index (χ0v) is 19.5. The minimum absolute atomic E-state index is 0.0877. The van der Waals surface area contributed by atoms with Crippen molar-refractivity contribution in [3.8, 4) is 0 Å². The van der Waals surface area contributed by atoms with Gasteiger partial charge in [0.1, 0.15) is 11.2 Å². The molecule has 5 rings (SSSR count). The van der Waals surface area contributed by atoms with Gasteiger partial charge in [0, 0.05) is 12.0 Å². The van der Waals surface area contributed by atoms with Crippen LogP contribution in [0, 0.1) is 19.8 Å². The maximum absolute atomic E-state index is 14.0. The molecule has 3 nitrogen and oxygen atoms in total. The van der Waals surface area contributed by atoms with Gasteiger partial charge in [0.25, 0.3) is 0 Å². The number of hydrogen-bond acceptors (Lipinski definition) is 3. The molecule has 4 aromatic carbocycles. The Kier molecular flexibility index (Phi) is 5.27. The Labute approximate surface area is 200 Å². The molecule has 0 radical (unpaired) electrons. The second kappa shape index (κ2) is 8.05. The minimum Gasteiger partial charge on any atom is -0.381 e. The molecule has 170 valence electrons. The lowest BCUT2D eigenvalue weighted by molar-refractivity contribution is -0.156. The molecule has 3 atom stereocenters. The standard InChI is InChI=1S/C31H28O3/c1-20-8-14-26(15-9-20)30(33)19-22(3)28(31(30,34)27-16-10-21(2)11-17-27)29(32)25-13-12-23-6-4-5-7-24(23)18-25/h4-18,28,33-34H,3,19H2,1-2H3/t28?,30-,31-/m0/s1. The highest BCUT2D eigenvalue weighted by Crippen LogP contribution is 2.58. The van der Waals surface area contributed by atoms with E-state index in [1.165, 1.54) is 0 Å². The van der Waals surface area contributed by atoms with Crippen LogP contribution < -0.4 is 0 Å². The van der Waals surface area contributed by atoms with Crippen molar-refractivity contribution in [3.05, 3.63) is 131 Å². The highest BCUT2D eigenvalue weighted by atomic mass is 16.4. The Morgan fingerprint density at radius 1 is 0.794 bits per heavy atom. The zero-order valence-electron chi connectivity index (χ0n) is 19.5. The minimum atomic E-state index is -1.88. The number of aliphatic hydroxyl groups is 2. The van der Waals surface area contributed by atoms with Crippen LogP contribution in [-0.4, -0.2) is 16.0 Å². The molecule has 0 heterocycles. The summed E-state index contributed by atoms with van der Waals surface area (Å²) >= 11 is 0. The second-order valence-electron chi connectivity index (χ2n) is 9.55. The monoisotopic (exact) mass is 448 g/mol. The van der Waals surface area contributed by atoms with E-state index < -0.39 is 17.1 Å². The summed E-state index contributed by atoms with van der Waals surface area (Å²) in [6.07, 6.45) is 0.0877. The first kappa shape index (κ1) is 22.3. The summed E-state index contributed by atoms with van der Waals surface area (Å²) in [5.74, 6) is -1.25. The maximum Gasteiger partial charge on any atom is 0.173 e. The molecule has 1 fully saturated rings. The van der Waals surface area contributed by atoms with Crippen LogP contribution in [0.4, 0.5) is 0 Å². The Bertz CT molecular complexity index is 1400. The van der Waals surface area contributed by atoms with Crippen LogP contribution in [0.3, 0.4) is 0 Å². The molecule has 0 saturated heterocycles. The van der Waals surface area contributed by atoms with Crippen LogP contribution in [0.2, 0.25) is 0 Å². The first-order valence-electron chi connectivity index (χ1n) is 11.5. The van der Waals surface area contributed by atoms with E-state index in [1.54, 1.807) is 18.2 Å². The zero-order chi connectivity index (χ0) is 24.1. The van der Waals surface area contributed by atoms with Gasteiger partial charge in [-0.2, -0.15) is 0 Å². The molecule has 34 heavy (non-hydrogen) atoms. The predicted octanol–water partition coefficient (Wildman–Crippen LogP) is 5.99. The number of carbonyl (C=O) groups is 1. The van der Waals surface area contributed by atoms with E-state index in [9.17, 15) is 15.0 Å². The third kappa shape index (κ3) is 3.32. The van der Waals surface area contributed by atoms with Crippen molar-refractivity contribution in [1.29, 1.82) is 0 Å². The number of ketones is 1. The van der Waals surface area contributed by atoms with Crippen LogP contribution in [0.5, 0.6) is 0 Å². The Morgan fingerprint density at radius 2 is 1.35 bits per heavy atom. The largest absolute Gasteiger partial charge is 0.381 e. The number of aryl methyl sites for hydroxylation is 2. The van der Waals surface area contributed by atoms with Crippen molar-refractivity contribution < 1.29 is 15.0 Å². The van der Waals surface area contributed by atoms with Crippen molar-refractivity contribution in [3.63, 3.8) is 0 Å². The van der Waals surface area contributed by atoms with Gasteiger partial charge in [0.2, 0.25) is 0 Å². The molecule has 1 aliphatic carbocycles. The van der Waals surface area contributed by atoms with E-state index in [0.717, 1.165) is 21.9 Å². The Morgan fingerprint density at radius 3 is 1.97 bits per heavy atom. The van der Waals surface area contributed by atoms with Crippen molar-refractivity contribution in [2.24, 2.45) is 5.92 Å². The predicted molar refractivity (Wildman–Crippen MR) is 136 cm³/mol. The molecule has 4 aromatic rings. The fraction of sp³-hybridized carbons (Fsp3) is 0.194. The number of fused-ring (bicyclic) bond motifs is 1. The number of hydrogen-bond donors (Lipinski definition) is 2. The van der Waals surface area contributed by atoms with Gasteiger partial charge in [-0.05, 0) is 41.8 Å². The van der Waals surface area contributed by atoms with Crippen molar-refractivity contribution in [2.45, 2.75) is 31.5 Å². The topological polar surface area (TPSA) is 57.5 Å². The van der Waals surface area contributed by atoms with Gasteiger partial charge in [-0.3, -0.25) is 4.79 Å². The molecule has 0 aliphatic heterocycles. The van der Waals surface area contributed by atoms with Crippen molar-refractivity contribution in [1.82, 2.24) is 0 Å².